The molecule has 0 radical (unpaired) electrons. The molecule has 0 aromatic heterocycles. The molecule has 1 aliphatic carbocycles. The average Bonchev–Trinajstić information content (AvgIpc) is 3.56. The number of carbonyl (C=O) groups is 2. The standard InChI is InChI=1S/C22H20N2O5S/c25-21(23-20-10-4-6-15-5-1-2-9-19(15)20)14-29-22(26)16-7-3-8-18(13-16)30(27,28)24-17-11-12-17/h1-10,13,17,24H,11-12,14H2,(H,23,25). The zero-order chi connectivity index (χ0) is 21.1. The number of rotatable bonds is 7. The molecule has 154 valence electrons. The number of benzene rings is 3. The van der Waals surface area contributed by atoms with Crippen molar-refractivity contribution in [2.75, 3.05) is 11.9 Å². The van der Waals surface area contributed by atoms with E-state index in [0.717, 1.165) is 23.6 Å². The fourth-order valence-electron chi connectivity index (χ4n) is 3.01. The van der Waals surface area contributed by atoms with Gasteiger partial charge < -0.3 is 10.1 Å². The van der Waals surface area contributed by atoms with Crippen LogP contribution in [0.3, 0.4) is 0 Å². The van der Waals surface area contributed by atoms with Crippen LogP contribution >= 0.6 is 0 Å². The molecule has 3 aromatic rings. The lowest BCUT2D eigenvalue weighted by Gasteiger charge is -2.10. The van der Waals surface area contributed by atoms with Gasteiger partial charge in [-0.05, 0) is 42.5 Å². The third-order valence-electron chi connectivity index (χ3n) is 4.68. The number of ether oxygens (including phenoxy) is 1. The fourth-order valence-corrected chi connectivity index (χ4v) is 4.36. The molecular formula is C22H20N2O5S. The van der Waals surface area contributed by atoms with Crippen molar-refractivity contribution in [1.29, 1.82) is 0 Å². The van der Waals surface area contributed by atoms with Gasteiger partial charge in [-0.2, -0.15) is 0 Å². The maximum absolute atomic E-state index is 12.3. The monoisotopic (exact) mass is 424 g/mol. The Hall–Kier alpha value is -3.23. The van der Waals surface area contributed by atoms with Gasteiger partial charge in [0.25, 0.3) is 5.91 Å². The molecule has 0 spiro atoms. The van der Waals surface area contributed by atoms with Crippen molar-refractivity contribution in [2.24, 2.45) is 0 Å². The van der Waals surface area contributed by atoms with Gasteiger partial charge in [0.05, 0.1) is 10.5 Å². The number of carbonyl (C=O) groups excluding carboxylic acids is 2. The van der Waals surface area contributed by atoms with Crippen molar-refractivity contribution < 1.29 is 22.7 Å². The topological polar surface area (TPSA) is 102 Å². The van der Waals surface area contributed by atoms with E-state index in [4.69, 9.17) is 4.74 Å². The molecule has 4 rings (SSSR count). The Morgan fingerprint density at radius 3 is 2.50 bits per heavy atom. The Kier molecular flexibility index (Phi) is 5.52. The minimum Gasteiger partial charge on any atom is -0.452 e. The largest absolute Gasteiger partial charge is 0.452 e. The first-order valence-corrected chi connectivity index (χ1v) is 11.0. The van der Waals surface area contributed by atoms with Crippen LogP contribution in [0.5, 0.6) is 0 Å². The Labute approximate surface area is 174 Å². The Bertz CT molecular complexity index is 1210. The number of hydrogen-bond acceptors (Lipinski definition) is 5. The lowest BCUT2D eigenvalue weighted by Crippen LogP contribution is -2.26. The Morgan fingerprint density at radius 1 is 0.967 bits per heavy atom. The second-order valence-electron chi connectivity index (χ2n) is 7.07. The van der Waals surface area contributed by atoms with Crippen molar-refractivity contribution in [1.82, 2.24) is 4.72 Å². The normalized spacial score (nSPS) is 13.7. The first kappa shape index (κ1) is 20.1. The zero-order valence-electron chi connectivity index (χ0n) is 16.0. The van der Waals surface area contributed by atoms with Gasteiger partial charge in [-0.3, -0.25) is 4.79 Å². The summed E-state index contributed by atoms with van der Waals surface area (Å²) in [5, 5.41) is 4.59. The van der Waals surface area contributed by atoms with Gasteiger partial charge in [0.1, 0.15) is 0 Å². The van der Waals surface area contributed by atoms with Crippen LogP contribution in [0.2, 0.25) is 0 Å². The van der Waals surface area contributed by atoms with Crippen LogP contribution in [0.1, 0.15) is 23.2 Å². The van der Waals surface area contributed by atoms with E-state index in [2.05, 4.69) is 10.0 Å². The number of fused-ring (bicyclic) bond motifs is 1. The van der Waals surface area contributed by atoms with Crippen LogP contribution in [0.15, 0.2) is 71.6 Å². The van der Waals surface area contributed by atoms with Crippen LogP contribution < -0.4 is 10.0 Å². The van der Waals surface area contributed by atoms with Crippen molar-refractivity contribution >= 4 is 38.4 Å². The first-order chi connectivity index (χ1) is 14.4. The molecule has 0 unspecified atom stereocenters. The third kappa shape index (κ3) is 4.67. The lowest BCUT2D eigenvalue weighted by molar-refractivity contribution is -0.119. The molecule has 1 saturated carbocycles. The summed E-state index contributed by atoms with van der Waals surface area (Å²) in [4.78, 5) is 24.6. The van der Waals surface area contributed by atoms with E-state index in [1.54, 1.807) is 6.07 Å². The number of nitrogens with one attached hydrogen (secondary N) is 2. The fraction of sp³-hybridized carbons (Fsp3) is 0.182. The molecule has 1 fully saturated rings. The van der Waals surface area contributed by atoms with Gasteiger partial charge in [-0.1, -0.05) is 42.5 Å². The average molecular weight is 424 g/mol. The predicted molar refractivity (Wildman–Crippen MR) is 113 cm³/mol. The highest BCUT2D eigenvalue weighted by molar-refractivity contribution is 7.89. The zero-order valence-corrected chi connectivity index (χ0v) is 16.8. The second-order valence-corrected chi connectivity index (χ2v) is 8.79. The Morgan fingerprint density at radius 2 is 1.70 bits per heavy atom. The van der Waals surface area contributed by atoms with Crippen molar-refractivity contribution in [2.45, 2.75) is 23.8 Å². The molecule has 0 saturated heterocycles. The maximum Gasteiger partial charge on any atom is 0.338 e. The lowest BCUT2D eigenvalue weighted by atomic mass is 10.1. The maximum atomic E-state index is 12.3. The van der Waals surface area contributed by atoms with Crippen LogP contribution in [0.4, 0.5) is 5.69 Å². The number of anilines is 1. The van der Waals surface area contributed by atoms with Gasteiger partial charge in [0, 0.05) is 17.1 Å². The predicted octanol–water partition coefficient (Wildman–Crippen LogP) is 3.08. The van der Waals surface area contributed by atoms with Crippen molar-refractivity contribution in [3.05, 3.63) is 72.3 Å². The first-order valence-electron chi connectivity index (χ1n) is 9.49. The summed E-state index contributed by atoms with van der Waals surface area (Å²) in [6.07, 6.45) is 1.62. The van der Waals surface area contributed by atoms with Crippen molar-refractivity contribution in [3.8, 4) is 0 Å². The highest BCUT2D eigenvalue weighted by Crippen LogP contribution is 2.24. The summed E-state index contributed by atoms with van der Waals surface area (Å²) in [5.74, 6) is -1.26. The molecule has 3 aromatic carbocycles. The highest BCUT2D eigenvalue weighted by atomic mass is 32.2. The minimum absolute atomic E-state index is 0.0101. The number of hydrogen-bond donors (Lipinski definition) is 2. The molecule has 1 aliphatic rings. The third-order valence-corrected chi connectivity index (χ3v) is 6.20. The van der Waals surface area contributed by atoms with Gasteiger partial charge in [0.15, 0.2) is 6.61 Å². The Balaban J connectivity index is 1.39. The smallest absolute Gasteiger partial charge is 0.338 e. The van der Waals surface area contributed by atoms with Crippen LogP contribution in [-0.2, 0) is 19.6 Å². The van der Waals surface area contributed by atoms with E-state index in [9.17, 15) is 18.0 Å². The molecular weight excluding hydrogens is 404 g/mol. The molecule has 0 atom stereocenters. The van der Waals surface area contributed by atoms with E-state index in [-0.39, 0.29) is 16.5 Å². The van der Waals surface area contributed by atoms with Gasteiger partial charge in [-0.25, -0.2) is 17.9 Å². The van der Waals surface area contributed by atoms with Gasteiger partial charge >= 0.3 is 5.97 Å². The molecule has 1 amide bonds. The van der Waals surface area contributed by atoms with Crippen LogP contribution in [0.25, 0.3) is 10.8 Å². The van der Waals surface area contributed by atoms with E-state index < -0.39 is 28.5 Å². The van der Waals surface area contributed by atoms with E-state index >= 15 is 0 Å². The molecule has 0 heterocycles. The number of sulfonamides is 1. The SMILES string of the molecule is O=C(COC(=O)c1cccc(S(=O)(=O)NC2CC2)c1)Nc1cccc2ccccc12. The minimum atomic E-state index is -3.68. The molecule has 2 N–H and O–H groups in total. The molecule has 0 aliphatic heterocycles. The molecule has 7 nitrogen and oxygen atoms in total. The number of esters is 1. The summed E-state index contributed by atoms with van der Waals surface area (Å²) in [5.41, 5.74) is 0.681. The van der Waals surface area contributed by atoms with Gasteiger partial charge in [-0.15, -0.1) is 0 Å². The van der Waals surface area contributed by atoms with Crippen LogP contribution in [0, 0.1) is 0 Å². The van der Waals surface area contributed by atoms with E-state index in [1.165, 1.54) is 24.3 Å². The summed E-state index contributed by atoms with van der Waals surface area (Å²) >= 11 is 0. The van der Waals surface area contributed by atoms with E-state index in [1.807, 2.05) is 36.4 Å². The van der Waals surface area contributed by atoms with Crippen molar-refractivity contribution in [3.63, 3.8) is 0 Å². The number of amides is 1. The van der Waals surface area contributed by atoms with Gasteiger partial charge in [0.2, 0.25) is 10.0 Å². The van der Waals surface area contributed by atoms with Crippen LogP contribution in [-0.4, -0.2) is 32.9 Å². The second kappa shape index (κ2) is 8.25. The summed E-state index contributed by atoms with van der Waals surface area (Å²) in [7, 11) is -3.68. The highest BCUT2D eigenvalue weighted by Gasteiger charge is 2.28. The molecule has 8 heteroatoms. The summed E-state index contributed by atoms with van der Waals surface area (Å²) < 4.78 is 32.2. The summed E-state index contributed by atoms with van der Waals surface area (Å²) in [6, 6.07) is 18.7. The molecule has 30 heavy (non-hydrogen) atoms. The summed E-state index contributed by atoms with van der Waals surface area (Å²) in [6.45, 7) is -0.487. The van der Waals surface area contributed by atoms with E-state index in [0.29, 0.717) is 5.69 Å². The molecule has 0 bridgehead atoms. The quantitative estimate of drug-likeness (QED) is 0.568.